The molecule has 2 aromatic heterocycles. The van der Waals surface area contributed by atoms with Gasteiger partial charge in [0.1, 0.15) is 11.0 Å². The molecule has 0 saturated heterocycles. The molecule has 0 aliphatic rings. The number of fused-ring (bicyclic) bond motifs is 1. The topological polar surface area (TPSA) is 57.0 Å². The van der Waals surface area contributed by atoms with Crippen LogP contribution in [0.2, 0.25) is 5.02 Å². The third-order valence-electron chi connectivity index (χ3n) is 4.40. The Kier molecular flexibility index (Phi) is 4.84. The molecule has 2 aromatic carbocycles. The van der Waals surface area contributed by atoms with Crippen LogP contribution in [0.25, 0.3) is 27.8 Å². The molecule has 0 saturated carbocycles. The number of hydrogen-bond donors (Lipinski definition) is 0. The van der Waals surface area contributed by atoms with Gasteiger partial charge in [-0.25, -0.2) is 4.98 Å². The second-order valence-electron chi connectivity index (χ2n) is 6.38. The van der Waals surface area contributed by atoms with Crippen LogP contribution in [0.4, 0.5) is 0 Å². The second kappa shape index (κ2) is 7.44. The molecule has 140 valence electrons. The standard InChI is InChI=1S/C22H18ClN3O2/c1-3-28-19-13-12-18-21(24-19)20(15-6-8-16(23)9-7-15)22(27)26(25-18)17-10-4-14(2)5-11-17/h4-13H,3H2,1-2H3. The number of halogens is 1. The van der Waals surface area contributed by atoms with Crippen LogP contribution in [0.3, 0.4) is 0 Å². The van der Waals surface area contributed by atoms with Gasteiger partial charge in [-0.15, -0.1) is 0 Å². The highest BCUT2D eigenvalue weighted by Gasteiger charge is 2.17. The first-order valence-electron chi connectivity index (χ1n) is 8.96. The Morgan fingerprint density at radius 3 is 2.39 bits per heavy atom. The van der Waals surface area contributed by atoms with Crippen LogP contribution in [0, 0.1) is 6.92 Å². The zero-order chi connectivity index (χ0) is 19.7. The maximum absolute atomic E-state index is 13.4. The van der Waals surface area contributed by atoms with E-state index >= 15 is 0 Å². The number of pyridine rings is 1. The number of aryl methyl sites for hydroxylation is 1. The first-order chi connectivity index (χ1) is 13.6. The Morgan fingerprint density at radius 2 is 1.71 bits per heavy atom. The molecule has 0 atom stereocenters. The molecule has 0 bridgehead atoms. The molecule has 0 aliphatic heterocycles. The van der Waals surface area contributed by atoms with E-state index in [0.717, 1.165) is 11.1 Å². The number of benzene rings is 2. The van der Waals surface area contributed by atoms with Gasteiger partial charge in [-0.1, -0.05) is 41.4 Å². The van der Waals surface area contributed by atoms with Crippen LogP contribution in [0.5, 0.6) is 5.88 Å². The SMILES string of the molecule is CCOc1ccc2nn(-c3ccc(C)cc3)c(=O)c(-c3ccc(Cl)cc3)c2n1. The number of hydrogen-bond acceptors (Lipinski definition) is 4. The van der Waals surface area contributed by atoms with Crippen molar-refractivity contribution in [3.63, 3.8) is 0 Å². The lowest BCUT2D eigenvalue weighted by Gasteiger charge is -2.12. The summed E-state index contributed by atoms with van der Waals surface area (Å²) in [4.78, 5) is 18.0. The highest BCUT2D eigenvalue weighted by molar-refractivity contribution is 6.30. The van der Waals surface area contributed by atoms with Crippen LogP contribution in [0.15, 0.2) is 65.5 Å². The van der Waals surface area contributed by atoms with Crippen molar-refractivity contribution in [2.24, 2.45) is 0 Å². The lowest BCUT2D eigenvalue weighted by atomic mass is 10.1. The van der Waals surface area contributed by atoms with Gasteiger partial charge in [0.2, 0.25) is 5.88 Å². The Hall–Kier alpha value is -3.18. The van der Waals surface area contributed by atoms with Gasteiger partial charge in [-0.05, 0) is 49.7 Å². The van der Waals surface area contributed by atoms with Crippen molar-refractivity contribution >= 4 is 22.6 Å². The lowest BCUT2D eigenvalue weighted by Crippen LogP contribution is -2.23. The molecule has 0 radical (unpaired) electrons. The third-order valence-corrected chi connectivity index (χ3v) is 4.65. The molecule has 4 aromatic rings. The summed E-state index contributed by atoms with van der Waals surface area (Å²) in [5.41, 5.74) is 3.85. The highest BCUT2D eigenvalue weighted by atomic mass is 35.5. The summed E-state index contributed by atoms with van der Waals surface area (Å²) < 4.78 is 6.93. The summed E-state index contributed by atoms with van der Waals surface area (Å²) in [6, 6.07) is 18.4. The van der Waals surface area contributed by atoms with Gasteiger partial charge >= 0.3 is 0 Å². The Balaban J connectivity index is 2.04. The van der Waals surface area contributed by atoms with Gasteiger partial charge in [-0.3, -0.25) is 4.79 Å². The van der Waals surface area contributed by atoms with Crippen LogP contribution < -0.4 is 10.3 Å². The van der Waals surface area contributed by atoms with Crippen molar-refractivity contribution in [3.05, 3.63) is 81.6 Å². The van der Waals surface area contributed by atoms with E-state index in [1.807, 2.05) is 56.3 Å². The van der Waals surface area contributed by atoms with Crippen molar-refractivity contribution in [2.45, 2.75) is 13.8 Å². The fourth-order valence-corrected chi connectivity index (χ4v) is 3.15. The minimum atomic E-state index is -0.250. The number of ether oxygens (including phenoxy) is 1. The van der Waals surface area contributed by atoms with Crippen LogP contribution in [0.1, 0.15) is 12.5 Å². The van der Waals surface area contributed by atoms with Crippen molar-refractivity contribution in [3.8, 4) is 22.7 Å². The van der Waals surface area contributed by atoms with Gasteiger partial charge in [0.15, 0.2) is 0 Å². The van der Waals surface area contributed by atoms with Crippen LogP contribution in [-0.2, 0) is 0 Å². The molecule has 4 rings (SSSR count). The Labute approximate surface area is 167 Å². The van der Waals surface area contributed by atoms with E-state index in [1.54, 1.807) is 18.2 Å². The average Bonchev–Trinajstić information content (AvgIpc) is 2.70. The lowest BCUT2D eigenvalue weighted by molar-refractivity contribution is 0.328. The molecule has 2 heterocycles. The van der Waals surface area contributed by atoms with E-state index in [2.05, 4.69) is 10.1 Å². The molecule has 0 unspecified atom stereocenters. The first-order valence-corrected chi connectivity index (χ1v) is 9.34. The normalized spacial score (nSPS) is 11.0. The minimum Gasteiger partial charge on any atom is -0.478 e. The first kappa shape index (κ1) is 18.2. The molecule has 0 N–H and O–H groups in total. The molecule has 0 aliphatic carbocycles. The molecular formula is C22H18ClN3O2. The smallest absolute Gasteiger partial charge is 0.281 e. The summed E-state index contributed by atoms with van der Waals surface area (Å²) in [5.74, 6) is 0.458. The van der Waals surface area contributed by atoms with E-state index in [1.165, 1.54) is 4.68 Å². The Morgan fingerprint density at radius 1 is 1.00 bits per heavy atom. The fraction of sp³-hybridized carbons (Fsp3) is 0.136. The summed E-state index contributed by atoms with van der Waals surface area (Å²) in [6.07, 6.45) is 0. The largest absolute Gasteiger partial charge is 0.478 e. The predicted octanol–water partition coefficient (Wildman–Crippen LogP) is 4.81. The molecule has 0 fully saturated rings. The summed E-state index contributed by atoms with van der Waals surface area (Å²) in [5, 5.41) is 5.14. The number of nitrogens with zero attached hydrogens (tertiary/aromatic N) is 3. The monoisotopic (exact) mass is 391 g/mol. The molecule has 5 nitrogen and oxygen atoms in total. The van der Waals surface area contributed by atoms with Gasteiger partial charge in [0.25, 0.3) is 5.56 Å². The maximum atomic E-state index is 13.4. The second-order valence-corrected chi connectivity index (χ2v) is 6.82. The minimum absolute atomic E-state index is 0.250. The van der Waals surface area contributed by atoms with Gasteiger partial charge in [-0.2, -0.15) is 9.78 Å². The van der Waals surface area contributed by atoms with Crippen molar-refractivity contribution in [1.29, 1.82) is 0 Å². The molecule has 6 heteroatoms. The van der Waals surface area contributed by atoms with Gasteiger partial charge < -0.3 is 4.74 Å². The Bertz CT molecular complexity index is 1200. The molecule has 0 amide bonds. The fourth-order valence-electron chi connectivity index (χ4n) is 3.02. The number of rotatable bonds is 4. The van der Waals surface area contributed by atoms with Crippen molar-refractivity contribution in [1.82, 2.24) is 14.8 Å². The van der Waals surface area contributed by atoms with Crippen molar-refractivity contribution < 1.29 is 4.74 Å². The highest BCUT2D eigenvalue weighted by Crippen LogP contribution is 2.26. The predicted molar refractivity (Wildman–Crippen MR) is 111 cm³/mol. The quantitative estimate of drug-likeness (QED) is 0.501. The number of aromatic nitrogens is 3. The molecule has 28 heavy (non-hydrogen) atoms. The summed E-state index contributed by atoms with van der Waals surface area (Å²) >= 11 is 6.03. The van der Waals surface area contributed by atoms with E-state index in [0.29, 0.717) is 39.8 Å². The van der Waals surface area contributed by atoms with Crippen LogP contribution in [-0.4, -0.2) is 21.4 Å². The zero-order valence-corrected chi connectivity index (χ0v) is 16.3. The van der Waals surface area contributed by atoms with E-state index in [4.69, 9.17) is 16.3 Å². The summed E-state index contributed by atoms with van der Waals surface area (Å²) in [7, 11) is 0. The van der Waals surface area contributed by atoms with E-state index in [-0.39, 0.29) is 5.56 Å². The van der Waals surface area contributed by atoms with Gasteiger partial charge in [0.05, 0.1) is 17.9 Å². The van der Waals surface area contributed by atoms with E-state index < -0.39 is 0 Å². The third kappa shape index (κ3) is 3.37. The molecule has 0 spiro atoms. The summed E-state index contributed by atoms with van der Waals surface area (Å²) in [6.45, 7) is 4.38. The maximum Gasteiger partial charge on any atom is 0.281 e. The van der Waals surface area contributed by atoms with Crippen molar-refractivity contribution in [2.75, 3.05) is 6.61 Å². The zero-order valence-electron chi connectivity index (χ0n) is 15.5. The molecular weight excluding hydrogens is 374 g/mol. The van der Waals surface area contributed by atoms with Crippen LogP contribution >= 0.6 is 11.6 Å². The van der Waals surface area contributed by atoms with Gasteiger partial charge in [0, 0.05) is 11.1 Å². The average molecular weight is 392 g/mol. The van der Waals surface area contributed by atoms with E-state index in [9.17, 15) is 4.79 Å².